The van der Waals surface area contributed by atoms with Crippen molar-refractivity contribution >= 4 is 17.5 Å². The Kier molecular flexibility index (Phi) is 5.40. The maximum absolute atomic E-state index is 12.1. The molecule has 0 unspecified atom stereocenters. The molecule has 0 radical (unpaired) electrons. The Morgan fingerprint density at radius 2 is 2.30 bits per heavy atom. The number of amides is 1. The van der Waals surface area contributed by atoms with Crippen LogP contribution in [0.4, 0.5) is 0 Å². The van der Waals surface area contributed by atoms with Crippen LogP contribution >= 0.6 is 11.6 Å². The minimum Gasteiger partial charge on any atom is -0.375 e. The maximum Gasteiger partial charge on any atom is 0.236 e. The van der Waals surface area contributed by atoms with Gasteiger partial charge in [0.1, 0.15) is 0 Å². The van der Waals surface area contributed by atoms with E-state index in [1.807, 2.05) is 43.0 Å². The third kappa shape index (κ3) is 3.95. The summed E-state index contributed by atoms with van der Waals surface area (Å²) in [5, 5.41) is 3.96. The molecule has 1 N–H and O–H groups in total. The van der Waals surface area contributed by atoms with Crippen molar-refractivity contribution in [2.24, 2.45) is 0 Å². The second-order valence-electron chi connectivity index (χ2n) is 5.15. The van der Waals surface area contributed by atoms with Crippen molar-refractivity contribution in [3.05, 3.63) is 34.9 Å². The molecule has 5 heteroatoms. The number of carbonyl (C=O) groups excluding carboxylic acids is 1. The van der Waals surface area contributed by atoms with Gasteiger partial charge in [-0.05, 0) is 25.5 Å². The van der Waals surface area contributed by atoms with E-state index < -0.39 is 0 Å². The number of hydrogen-bond acceptors (Lipinski definition) is 3. The van der Waals surface area contributed by atoms with Crippen molar-refractivity contribution in [2.75, 3.05) is 26.2 Å². The number of benzene rings is 1. The highest BCUT2D eigenvalue weighted by atomic mass is 35.5. The van der Waals surface area contributed by atoms with Crippen LogP contribution in [0.5, 0.6) is 0 Å². The normalized spacial score (nSPS) is 20.8. The number of carbonyl (C=O) groups is 1. The largest absolute Gasteiger partial charge is 0.375 e. The van der Waals surface area contributed by atoms with Gasteiger partial charge in [-0.2, -0.15) is 0 Å². The zero-order valence-corrected chi connectivity index (χ0v) is 12.7. The molecule has 110 valence electrons. The highest BCUT2D eigenvalue weighted by molar-refractivity contribution is 6.31. The summed E-state index contributed by atoms with van der Waals surface area (Å²) in [6, 6.07) is 7.73. The smallest absolute Gasteiger partial charge is 0.236 e. The van der Waals surface area contributed by atoms with Gasteiger partial charge in [0, 0.05) is 24.2 Å². The molecule has 4 nitrogen and oxygen atoms in total. The molecule has 0 aliphatic carbocycles. The maximum atomic E-state index is 12.1. The van der Waals surface area contributed by atoms with Gasteiger partial charge in [0.15, 0.2) is 0 Å². The third-order valence-electron chi connectivity index (χ3n) is 3.52. The molecular formula is C15H21ClN2O2. The summed E-state index contributed by atoms with van der Waals surface area (Å²) >= 11 is 6.15. The summed E-state index contributed by atoms with van der Waals surface area (Å²) in [4.78, 5) is 14.0. The van der Waals surface area contributed by atoms with Gasteiger partial charge in [-0.3, -0.25) is 4.79 Å². The molecule has 0 saturated carbocycles. The average Bonchev–Trinajstić information content (AvgIpc) is 2.45. The summed E-state index contributed by atoms with van der Waals surface area (Å²) in [5.74, 6) is 0.110. The lowest BCUT2D eigenvalue weighted by molar-refractivity contribution is -0.137. The molecule has 20 heavy (non-hydrogen) atoms. The third-order valence-corrected chi connectivity index (χ3v) is 3.87. The molecule has 1 amide bonds. The second-order valence-corrected chi connectivity index (χ2v) is 5.55. The number of rotatable bonds is 4. The van der Waals surface area contributed by atoms with Crippen LogP contribution in [0.2, 0.25) is 5.02 Å². The molecule has 1 aromatic carbocycles. The molecular weight excluding hydrogens is 276 g/mol. The molecule has 1 aromatic rings. The van der Waals surface area contributed by atoms with Crippen molar-refractivity contribution in [3.8, 4) is 0 Å². The van der Waals surface area contributed by atoms with Gasteiger partial charge in [0.05, 0.1) is 19.3 Å². The van der Waals surface area contributed by atoms with Gasteiger partial charge in [-0.1, -0.05) is 29.8 Å². The van der Waals surface area contributed by atoms with Crippen molar-refractivity contribution in [1.82, 2.24) is 10.2 Å². The summed E-state index contributed by atoms with van der Waals surface area (Å²) in [6.45, 7) is 6.27. The first-order chi connectivity index (χ1) is 9.58. The van der Waals surface area contributed by atoms with E-state index in [4.69, 9.17) is 16.3 Å². The SMILES string of the molecule is C[C@@H]1CN(C(=O)CN[C@@H](C)c2ccccc2Cl)CCO1. The van der Waals surface area contributed by atoms with Crippen LogP contribution in [0.25, 0.3) is 0 Å². The van der Waals surface area contributed by atoms with Gasteiger partial charge in [-0.15, -0.1) is 0 Å². The zero-order valence-electron chi connectivity index (χ0n) is 11.9. The Morgan fingerprint density at radius 1 is 1.55 bits per heavy atom. The topological polar surface area (TPSA) is 41.6 Å². The van der Waals surface area contributed by atoms with Crippen molar-refractivity contribution in [2.45, 2.75) is 26.0 Å². The molecule has 1 heterocycles. The minimum absolute atomic E-state index is 0.0473. The van der Waals surface area contributed by atoms with E-state index in [1.54, 1.807) is 0 Å². The first-order valence-electron chi connectivity index (χ1n) is 6.95. The van der Waals surface area contributed by atoms with Crippen LogP contribution in [-0.2, 0) is 9.53 Å². The Balaban J connectivity index is 1.85. The summed E-state index contributed by atoms with van der Waals surface area (Å²) in [5.41, 5.74) is 1.01. The average molecular weight is 297 g/mol. The Morgan fingerprint density at radius 3 is 3.00 bits per heavy atom. The van der Waals surface area contributed by atoms with Gasteiger partial charge >= 0.3 is 0 Å². The highest BCUT2D eigenvalue weighted by Gasteiger charge is 2.21. The lowest BCUT2D eigenvalue weighted by Crippen LogP contribution is -2.47. The fourth-order valence-corrected chi connectivity index (χ4v) is 2.63. The Bertz CT molecular complexity index is 467. The lowest BCUT2D eigenvalue weighted by Gasteiger charge is -2.31. The van der Waals surface area contributed by atoms with Gasteiger partial charge in [0.25, 0.3) is 0 Å². The van der Waals surface area contributed by atoms with Crippen LogP contribution in [0.3, 0.4) is 0 Å². The summed E-state index contributed by atoms with van der Waals surface area (Å²) in [7, 11) is 0. The first kappa shape index (κ1) is 15.3. The van der Waals surface area contributed by atoms with E-state index in [-0.39, 0.29) is 18.1 Å². The van der Waals surface area contributed by atoms with Gasteiger partial charge in [0.2, 0.25) is 5.91 Å². The number of nitrogens with zero attached hydrogens (tertiary/aromatic N) is 1. The highest BCUT2D eigenvalue weighted by Crippen LogP contribution is 2.21. The van der Waals surface area contributed by atoms with E-state index in [0.29, 0.717) is 26.2 Å². The predicted octanol–water partition coefficient (Wildman–Crippen LogP) is 2.24. The van der Waals surface area contributed by atoms with Crippen molar-refractivity contribution < 1.29 is 9.53 Å². The first-order valence-corrected chi connectivity index (χ1v) is 7.33. The van der Waals surface area contributed by atoms with E-state index in [9.17, 15) is 4.79 Å². The lowest BCUT2D eigenvalue weighted by atomic mass is 10.1. The number of nitrogens with one attached hydrogen (secondary N) is 1. The number of morpholine rings is 1. The van der Waals surface area contributed by atoms with Crippen molar-refractivity contribution in [1.29, 1.82) is 0 Å². The Hall–Kier alpha value is -1.10. The van der Waals surface area contributed by atoms with E-state index in [0.717, 1.165) is 10.6 Å². The second kappa shape index (κ2) is 7.07. The standard InChI is InChI=1S/C15H21ClN2O2/c1-11-10-18(7-8-20-11)15(19)9-17-12(2)13-5-3-4-6-14(13)16/h3-6,11-12,17H,7-10H2,1-2H3/t11-,12+/m1/s1. The number of halogens is 1. The van der Waals surface area contributed by atoms with Gasteiger partial charge < -0.3 is 15.0 Å². The van der Waals surface area contributed by atoms with E-state index >= 15 is 0 Å². The minimum atomic E-state index is 0.0473. The molecule has 0 bridgehead atoms. The fraction of sp³-hybridized carbons (Fsp3) is 0.533. The summed E-state index contributed by atoms with van der Waals surface area (Å²) < 4.78 is 5.44. The molecule has 1 aliphatic heterocycles. The molecule has 2 rings (SSSR count). The van der Waals surface area contributed by atoms with Gasteiger partial charge in [-0.25, -0.2) is 0 Å². The predicted molar refractivity (Wildman–Crippen MR) is 79.9 cm³/mol. The van der Waals surface area contributed by atoms with Crippen LogP contribution in [0, 0.1) is 0 Å². The number of hydrogen-bond donors (Lipinski definition) is 1. The number of ether oxygens (including phenoxy) is 1. The van der Waals surface area contributed by atoms with E-state index in [2.05, 4.69) is 5.32 Å². The summed E-state index contributed by atoms with van der Waals surface area (Å²) in [6.07, 6.45) is 0.119. The Labute approximate surface area is 125 Å². The van der Waals surface area contributed by atoms with Crippen LogP contribution in [-0.4, -0.2) is 43.2 Å². The van der Waals surface area contributed by atoms with Crippen LogP contribution in [0.1, 0.15) is 25.5 Å². The van der Waals surface area contributed by atoms with Crippen LogP contribution in [0.15, 0.2) is 24.3 Å². The zero-order chi connectivity index (χ0) is 14.5. The molecule has 0 spiro atoms. The molecule has 0 aromatic heterocycles. The quantitative estimate of drug-likeness (QED) is 0.926. The monoisotopic (exact) mass is 296 g/mol. The van der Waals surface area contributed by atoms with E-state index in [1.165, 1.54) is 0 Å². The molecule has 2 atom stereocenters. The molecule has 1 saturated heterocycles. The van der Waals surface area contributed by atoms with Crippen molar-refractivity contribution in [3.63, 3.8) is 0 Å². The molecule has 1 fully saturated rings. The molecule has 1 aliphatic rings. The fourth-order valence-electron chi connectivity index (χ4n) is 2.33. The van der Waals surface area contributed by atoms with Crippen LogP contribution < -0.4 is 5.32 Å².